The minimum Gasteiger partial charge on any atom is -0.466 e. The molecule has 0 unspecified atom stereocenters. The van der Waals surface area contributed by atoms with Gasteiger partial charge in [-0.3, -0.25) is 9.59 Å². The van der Waals surface area contributed by atoms with Crippen molar-refractivity contribution in [1.82, 2.24) is 0 Å². The Hall–Kier alpha value is -1.06. The van der Waals surface area contributed by atoms with Crippen LogP contribution in [0.1, 0.15) is 40.0 Å². The number of rotatable bonds is 6. The van der Waals surface area contributed by atoms with Crippen LogP contribution in [0.15, 0.2) is 0 Å². The highest BCUT2D eigenvalue weighted by molar-refractivity contribution is 5.72. The number of hydrogen-bond donors (Lipinski definition) is 0. The molecular formula is C10H18O4. The summed E-state index contributed by atoms with van der Waals surface area (Å²) in [4.78, 5) is 21.9. The zero-order chi connectivity index (χ0) is 11.0. The number of carbonyl (C=O) groups is 2. The first-order chi connectivity index (χ1) is 6.56. The molecule has 0 aromatic carbocycles. The van der Waals surface area contributed by atoms with E-state index in [1.54, 1.807) is 20.8 Å². The predicted octanol–water partition coefficient (Wildman–Crippen LogP) is 1.67. The van der Waals surface area contributed by atoms with Gasteiger partial charge in [0.25, 0.3) is 0 Å². The number of esters is 2. The third-order valence-electron chi connectivity index (χ3n) is 1.43. The molecule has 0 spiro atoms. The van der Waals surface area contributed by atoms with Crippen molar-refractivity contribution in [3.8, 4) is 0 Å². The second-order valence-electron chi connectivity index (χ2n) is 3.20. The molecule has 0 N–H and O–H groups in total. The summed E-state index contributed by atoms with van der Waals surface area (Å²) >= 11 is 0. The molecule has 0 aliphatic carbocycles. The summed E-state index contributed by atoms with van der Waals surface area (Å²) in [5.74, 6) is -0.519. The van der Waals surface area contributed by atoms with E-state index < -0.39 is 0 Å². The van der Waals surface area contributed by atoms with Gasteiger partial charge in [0, 0.05) is 12.8 Å². The molecule has 0 bridgehead atoms. The maximum atomic E-state index is 11.0. The minimum atomic E-state index is -0.260. The second-order valence-corrected chi connectivity index (χ2v) is 3.20. The fraction of sp³-hybridized carbons (Fsp3) is 0.800. The summed E-state index contributed by atoms with van der Waals surface area (Å²) in [6.07, 6.45) is 0.952. The lowest BCUT2D eigenvalue weighted by atomic mass is 10.2. The maximum Gasteiger partial charge on any atom is 0.306 e. The Bertz CT molecular complexity index is 187. The molecule has 4 nitrogen and oxygen atoms in total. The lowest BCUT2D eigenvalue weighted by Gasteiger charge is -2.07. The van der Waals surface area contributed by atoms with E-state index in [1.165, 1.54) is 0 Å². The number of hydrogen-bond acceptors (Lipinski definition) is 4. The molecule has 0 heterocycles. The van der Waals surface area contributed by atoms with Crippen molar-refractivity contribution in [2.24, 2.45) is 0 Å². The first-order valence-corrected chi connectivity index (χ1v) is 4.91. The van der Waals surface area contributed by atoms with Crippen molar-refractivity contribution in [1.29, 1.82) is 0 Å². The monoisotopic (exact) mass is 202 g/mol. The predicted molar refractivity (Wildman–Crippen MR) is 51.7 cm³/mol. The first-order valence-electron chi connectivity index (χ1n) is 4.91. The molecule has 0 rings (SSSR count). The van der Waals surface area contributed by atoms with E-state index in [9.17, 15) is 9.59 Å². The van der Waals surface area contributed by atoms with Crippen molar-refractivity contribution < 1.29 is 19.1 Å². The van der Waals surface area contributed by atoms with Crippen LogP contribution < -0.4 is 0 Å². The Morgan fingerprint density at radius 2 is 1.71 bits per heavy atom. The molecule has 0 aliphatic heterocycles. The van der Waals surface area contributed by atoms with Gasteiger partial charge in [-0.25, -0.2) is 0 Å². The van der Waals surface area contributed by atoms with Gasteiger partial charge in [-0.1, -0.05) is 0 Å². The van der Waals surface area contributed by atoms with Crippen LogP contribution in [0.25, 0.3) is 0 Å². The van der Waals surface area contributed by atoms with E-state index >= 15 is 0 Å². The lowest BCUT2D eigenvalue weighted by Crippen LogP contribution is -2.12. The SMILES string of the molecule is CCOC(=O)CCCC(=O)OC(C)C. The average molecular weight is 202 g/mol. The zero-order valence-electron chi connectivity index (χ0n) is 9.04. The van der Waals surface area contributed by atoms with Crippen LogP contribution >= 0.6 is 0 Å². The highest BCUT2D eigenvalue weighted by Crippen LogP contribution is 2.01. The van der Waals surface area contributed by atoms with Crippen LogP contribution in [0.3, 0.4) is 0 Å². The molecule has 4 heteroatoms. The summed E-state index contributed by atoms with van der Waals surface area (Å²) < 4.78 is 9.61. The highest BCUT2D eigenvalue weighted by Gasteiger charge is 2.07. The van der Waals surface area contributed by atoms with Gasteiger partial charge >= 0.3 is 11.9 Å². The summed E-state index contributed by atoms with van der Waals surface area (Å²) in [5, 5.41) is 0. The highest BCUT2D eigenvalue weighted by atomic mass is 16.5. The van der Waals surface area contributed by atoms with E-state index in [-0.39, 0.29) is 30.9 Å². The summed E-state index contributed by atoms with van der Waals surface area (Å²) in [6.45, 7) is 5.73. The van der Waals surface area contributed by atoms with Gasteiger partial charge in [-0.05, 0) is 27.2 Å². The molecule has 0 aliphatic rings. The van der Waals surface area contributed by atoms with Gasteiger partial charge in [0.1, 0.15) is 0 Å². The van der Waals surface area contributed by atoms with E-state index in [0.717, 1.165) is 0 Å². The molecule has 0 fully saturated rings. The van der Waals surface area contributed by atoms with Crippen molar-refractivity contribution in [2.45, 2.75) is 46.1 Å². The van der Waals surface area contributed by atoms with Gasteiger partial charge in [0.2, 0.25) is 0 Å². The zero-order valence-corrected chi connectivity index (χ0v) is 9.04. The molecule has 0 radical (unpaired) electrons. The van der Waals surface area contributed by atoms with Crippen LogP contribution in [-0.4, -0.2) is 24.6 Å². The number of carbonyl (C=O) groups excluding carboxylic acids is 2. The maximum absolute atomic E-state index is 11.0. The molecule has 82 valence electrons. The summed E-state index contributed by atoms with van der Waals surface area (Å²) in [5.41, 5.74) is 0. The average Bonchev–Trinajstić information content (AvgIpc) is 2.02. The van der Waals surface area contributed by atoms with E-state index in [2.05, 4.69) is 0 Å². The fourth-order valence-corrected chi connectivity index (χ4v) is 0.932. The van der Waals surface area contributed by atoms with E-state index in [0.29, 0.717) is 13.0 Å². The Balaban J connectivity index is 3.44. The lowest BCUT2D eigenvalue weighted by molar-refractivity contribution is -0.148. The van der Waals surface area contributed by atoms with Crippen LogP contribution in [0, 0.1) is 0 Å². The third kappa shape index (κ3) is 7.58. The Labute approximate surface area is 84.6 Å². The topological polar surface area (TPSA) is 52.6 Å². The molecule has 0 amide bonds. The van der Waals surface area contributed by atoms with E-state index in [4.69, 9.17) is 9.47 Å². The molecule has 0 aromatic rings. The Morgan fingerprint density at radius 1 is 1.14 bits per heavy atom. The Morgan fingerprint density at radius 3 is 2.21 bits per heavy atom. The van der Waals surface area contributed by atoms with Crippen LogP contribution in [0.2, 0.25) is 0 Å². The molecule has 0 aromatic heterocycles. The molecule has 0 saturated heterocycles. The molecule has 0 atom stereocenters. The summed E-state index contributed by atoms with van der Waals surface area (Å²) in [6, 6.07) is 0. The summed E-state index contributed by atoms with van der Waals surface area (Å²) in [7, 11) is 0. The molecule has 0 saturated carbocycles. The van der Waals surface area contributed by atoms with Crippen molar-refractivity contribution in [3.05, 3.63) is 0 Å². The van der Waals surface area contributed by atoms with Gasteiger partial charge < -0.3 is 9.47 Å². The van der Waals surface area contributed by atoms with Crippen LogP contribution in [0.4, 0.5) is 0 Å². The first kappa shape index (κ1) is 12.9. The standard InChI is InChI=1S/C10H18O4/c1-4-13-9(11)6-5-7-10(12)14-8(2)3/h8H,4-7H2,1-3H3. The van der Waals surface area contributed by atoms with E-state index in [1.807, 2.05) is 0 Å². The molecular weight excluding hydrogens is 184 g/mol. The van der Waals surface area contributed by atoms with Crippen molar-refractivity contribution in [2.75, 3.05) is 6.61 Å². The normalized spacial score (nSPS) is 10.0. The van der Waals surface area contributed by atoms with Crippen molar-refractivity contribution in [3.63, 3.8) is 0 Å². The quantitative estimate of drug-likeness (QED) is 0.615. The largest absolute Gasteiger partial charge is 0.466 e. The minimum absolute atomic E-state index is 0.0925. The van der Waals surface area contributed by atoms with Gasteiger partial charge in [-0.15, -0.1) is 0 Å². The van der Waals surface area contributed by atoms with Gasteiger partial charge in [0.05, 0.1) is 12.7 Å². The van der Waals surface area contributed by atoms with Crippen LogP contribution in [-0.2, 0) is 19.1 Å². The molecule has 14 heavy (non-hydrogen) atoms. The van der Waals surface area contributed by atoms with Crippen LogP contribution in [0.5, 0.6) is 0 Å². The smallest absolute Gasteiger partial charge is 0.306 e. The fourth-order valence-electron chi connectivity index (χ4n) is 0.932. The number of ether oxygens (including phenoxy) is 2. The Kier molecular flexibility index (Phi) is 6.80. The second kappa shape index (κ2) is 7.35. The van der Waals surface area contributed by atoms with Gasteiger partial charge in [0.15, 0.2) is 0 Å². The van der Waals surface area contributed by atoms with Crippen molar-refractivity contribution >= 4 is 11.9 Å². The third-order valence-corrected chi connectivity index (χ3v) is 1.43. The van der Waals surface area contributed by atoms with Gasteiger partial charge in [-0.2, -0.15) is 0 Å².